The van der Waals surface area contributed by atoms with Gasteiger partial charge in [-0.15, -0.1) is 0 Å². The molecule has 1 fully saturated rings. The van der Waals surface area contributed by atoms with E-state index in [4.69, 9.17) is 4.74 Å². The van der Waals surface area contributed by atoms with E-state index >= 15 is 0 Å². The Morgan fingerprint density at radius 1 is 1.13 bits per heavy atom. The Hall–Kier alpha value is -3.02. The van der Waals surface area contributed by atoms with Crippen molar-refractivity contribution in [2.24, 2.45) is 0 Å². The van der Waals surface area contributed by atoms with Crippen LogP contribution in [0.1, 0.15) is 50.3 Å². The first-order valence-electron chi connectivity index (χ1n) is 10.7. The van der Waals surface area contributed by atoms with Gasteiger partial charge in [0.25, 0.3) is 0 Å². The lowest BCUT2D eigenvalue weighted by molar-refractivity contribution is 0.289. The normalized spacial score (nSPS) is 15.7. The number of nitrogens with zero attached hydrogens (tertiary/aromatic N) is 4. The molecule has 6 nitrogen and oxygen atoms in total. The summed E-state index contributed by atoms with van der Waals surface area (Å²) in [5.74, 6) is 0.805. The number of ether oxygens (including phenoxy) is 1. The highest BCUT2D eigenvalue weighted by atomic mass is 16.5. The Balaban J connectivity index is 1.66. The van der Waals surface area contributed by atoms with Gasteiger partial charge < -0.3 is 9.75 Å². The highest BCUT2D eigenvalue weighted by molar-refractivity contribution is 5.78. The fourth-order valence-electron chi connectivity index (χ4n) is 4.43. The molecule has 0 amide bonds. The van der Waals surface area contributed by atoms with Crippen molar-refractivity contribution in [2.45, 2.75) is 58.7 Å². The van der Waals surface area contributed by atoms with Crippen molar-refractivity contribution in [3.63, 3.8) is 0 Å². The fourth-order valence-corrected chi connectivity index (χ4v) is 4.43. The summed E-state index contributed by atoms with van der Waals surface area (Å²) >= 11 is 0. The molecule has 1 aromatic carbocycles. The van der Waals surface area contributed by atoms with E-state index in [9.17, 15) is 4.79 Å². The topological polar surface area (TPSA) is 52.3 Å². The van der Waals surface area contributed by atoms with Gasteiger partial charge in [-0.25, -0.2) is 0 Å². The summed E-state index contributed by atoms with van der Waals surface area (Å²) in [6, 6.07) is 6.85. The molecule has 5 rings (SSSR count). The summed E-state index contributed by atoms with van der Waals surface area (Å²) in [7, 11) is 1.70. The number of hydrogen-bond donors (Lipinski definition) is 0. The maximum absolute atomic E-state index is 12.4. The smallest absolute Gasteiger partial charge is 0.185 e. The summed E-state index contributed by atoms with van der Waals surface area (Å²) in [4.78, 5) is 12.4. The fraction of sp³-hybridized carbons (Fsp3) is 0.417. The third-order valence-corrected chi connectivity index (χ3v) is 6.49. The standard InChI is InChI=1S/C24H28N4O2/c1-15(2)27-14-17-8-21(18-11-25-26(13-18)19-6-5-7-19)24(30-4)9-20(17)22-10-23(29)16(3)12-28(22)27/h8-13,15,19H,5-7,14H2,1-4H3. The minimum absolute atomic E-state index is 0.0580. The molecule has 0 atom stereocenters. The second-order valence-corrected chi connectivity index (χ2v) is 8.75. The lowest BCUT2D eigenvalue weighted by Crippen LogP contribution is -2.43. The van der Waals surface area contributed by atoms with E-state index in [1.165, 1.54) is 24.8 Å². The number of pyridine rings is 1. The van der Waals surface area contributed by atoms with Crippen LogP contribution < -0.4 is 15.2 Å². The van der Waals surface area contributed by atoms with Gasteiger partial charge in [-0.05, 0) is 57.7 Å². The minimum Gasteiger partial charge on any atom is -0.496 e. The molecule has 0 saturated heterocycles. The molecule has 30 heavy (non-hydrogen) atoms. The van der Waals surface area contributed by atoms with Gasteiger partial charge >= 0.3 is 0 Å². The van der Waals surface area contributed by atoms with Crippen molar-refractivity contribution in [1.29, 1.82) is 0 Å². The van der Waals surface area contributed by atoms with E-state index < -0.39 is 0 Å². The van der Waals surface area contributed by atoms with E-state index in [2.05, 4.69) is 51.6 Å². The van der Waals surface area contributed by atoms with Crippen LogP contribution in [0.4, 0.5) is 0 Å². The van der Waals surface area contributed by atoms with Gasteiger partial charge in [-0.1, -0.05) is 0 Å². The zero-order valence-electron chi connectivity index (χ0n) is 18.1. The van der Waals surface area contributed by atoms with E-state index in [0.29, 0.717) is 12.1 Å². The molecule has 1 aliphatic heterocycles. The number of methoxy groups -OCH3 is 1. The van der Waals surface area contributed by atoms with Crippen LogP contribution in [-0.4, -0.2) is 27.6 Å². The molecule has 0 bridgehead atoms. The predicted molar refractivity (Wildman–Crippen MR) is 119 cm³/mol. The second kappa shape index (κ2) is 7.04. The number of hydrogen-bond acceptors (Lipinski definition) is 4. The molecule has 0 radical (unpaired) electrons. The summed E-state index contributed by atoms with van der Waals surface area (Å²) in [6.45, 7) is 6.99. The molecule has 1 aliphatic carbocycles. The Bertz CT molecular complexity index is 1170. The van der Waals surface area contributed by atoms with Crippen LogP contribution in [0.25, 0.3) is 22.4 Å². The monoisotopic (exact) mass is 404 g/mol. The zero-order valence-corrected chi connectivity index (χ0v) is 18.1. The van der Waals surface area contributed by atoms with Crippen molar-refractivity contribution in [2.75, 3.05) is 12.1 Å². The number of fused-ring (bicyclic) bond motifs is 3. The van der Waals surface area contributed by atoms with Crippen LogP contribution in [0.5, 0.6) is 5.75 Å². The molecule has 0 unspecified atom stereocenters. The molecule has 156 valence electrons. The van der Waals surface area contributed by atoms with Crippen LogP contribution >= 0.6 is 0 Å². The summed E-state index contributed by atoms with van der Waals surface area (Å²) in [5, 5.41) is 6.90. The van der Waals surface area contributed by atoms with Gasteiger partial charge in [0.15, 0.2) is 5.43 Å². The first-order chi connectivity index (χ1) is 14.5. The molecule has 3 heterocycles. The maximum Gasteiger partial charge on any atom is 0.185 e. The number of aromatic nitrogens is 3. The van der Waals surface area contributed by atoms with E-state index in [1.54, 1.807) is 13.2 Å². The highest BCUT2D eigenvalue weighted by Crippen LogP contribution is 2.40. The predicted octanol–water partition coefficient (Wildman–Crippen LogP) is 4.28. The molecule has 1 saturated carbocycles. The Labute approximate surface area is 176 Å². The van der Waals surface area contributed by atoms with E-state index in [-0.39, 0.29) is 5.43 Å². The molecule has 3 aromatic rings. The first kappa shape index (κ1) is 19.0. The number of rotatable bonds is 4. The maximum atomic E-state index is 12.4. The van der Waals surface area contributed by atoms with Gasteiger partial charge in [-0.2, -0.15) is 5.10 Å². The second-order valence-electron chi connectivity index (χ2n) is 8.75. The summed E-state index contributed by atoms with van der Waals surface area (Å²) in [6.07, 6.45) is 9.72. The lowest BCUT2D eigenvalue weighted by Gasteiger charge is -2.38. The van der Waals surface area contributed by atoms with Crippen LogP contribution in [0.2, 0.25) is 0 Å². The average molecular weight is 405 g/mol. The molecule has 6 heteroatoms. The molecule has 2 aromatic heterocycles. The van der Waals surface area contributed by atoms with Crippen molar-refractivity contribution >= 4 is 0 Å². The van der Waals surface area contributed by atoms with Gasteiger partial charge in [0.2, 0.25) is 0 Å². The SMILES string of the molecule is COc1cc2c(cc1-c1cnn(C3CCC3)c1)CN(C(C)C)n1cc(C)c(=O)cc1-2. The minimum atomic E-state index is 0.0580. The zero-order chi connectivity index (χ0) is 21.0. The summed E-state index contributed by atoms with van der Waals surface area (Å²) in [5.41, 5.74) is 6.09. The van der Waals surface area contributed by atoms with Gasteiger partial charge in [0.1, 0.15) is 5.75 Å². The Morgan fingerprint density at radius 3 is 2.60 bits per heavy atom. The number of aryl methyl sites for hydroxylation is 1. The Morgan fingerprint density at radius 2 is 1.93 bits per heavy atom. The van der Waals surface area contributed by atoms with E-state index in [0.717, 1.165) is 40.2 Å². The summed E-state index contributed by atoms with van der Waals surface area (Å²) < 4.78 is 10.00. The van der Waals surface area contributed by atoms with Crippen molar-refractivity contribution < 1.29 is 4.74 Å². The molecular weight excluding hydrogens is 376 g/mol. The van der Waals surface area contributed by atoms with Crippen LogP contribution in [-0.2, 0) is 6.54 Å². The molecule has 0 N–H and O–H groups in total. The van der Waals surface area contributed by atoms with Crippen LogP contribution in [0, 0.1) is 6.92 Å². The first-order valence-corrected chi connectivity index (χ1v) is 10.7. The number of benzene rings is 1. The van der Waals surface area contributed by atoms with Gasteiger partial charge in [0, 0.05) is 46.8 Å². The van der Waals surface area contributed by atoms with Gasteiger partial charge in [0.05, 0.1) is 31.6 Å². The Kier molecular flexibility index (Phi) is 4.45. The molecular formula is C24H28N4O2. The van der Waals surface area contributed by atoms with Crippen LogP contribution in [0.3, 0.4) is 0 Å². The third-order valence-electron chi connectivity index (χ3n) is 6.49. The van der Waals surface area contributed by atoms with Crippen LogP contribution in [0.15, 0.2) is 41.6 Å². The average Bonchev–Trinajstić information content (AvgIpc) is 3.15. The highest BCUT2D eigenvalue weighted by Gasteiger charge is 2.26. The molecule has 2 aliphatic rings. The largest absolute Gasteiger partial charge is 0.496 e. The van der Waals surface area contributed by atoms with Crippen molar-refractivity contribution in [3.05, 3.63) is 58.1 Å². The van der Waals surface area contributed by atoms with Crippen molar-refractivity contribution in [3.8, 4) is 28.1 Å². The molecule has 0 spiro atoms. The lowest BCUT2D eigenvalue weighted by atomic mass is 9.93. The van der Waals surface area contributed by atoms with Gasteiger partial charge in [-0.3, -0.25) is 14.2 Å². The van der Waals surface area contributed by atoms with Crippen molar-refractivity contribution in [1.82, 2.24) is 14.5 Å². The third kappa shape index (κ3) is 2.93. The quantitative estimate of drug-likeness (QED) is 0.651. The van der Waals surface area contributed by atoms with E-state index in [1.807, 2.05) is 19.3 Å².